The van der Waals surface area contributed by atoms with Crippen molar-refractivity contribution in [3.63, 3.8) is 0 Å². The van der Waals surface area contributed by atoms with Crippen LogP contribution in [0.1, 0.15) is 99.3 Å². The van der Waals surface area contributed by atoms with Crippen molar-refractivity contribution in [2.75, 3.05) is 0 Å². The Kier molecular flexibility index (Phi) is 6.91. The lowest BCUT2D eigenvalue weighted by atomic mass is 9.50. The van der Waals surface area contributed by atoms with Crippen molar-refractivity contribution in [2.45, 2.75) is 99.3 Å². The quantitative estimate of drug-likeness (QED) is 0.461. The average Bonchev–Trinajstić information content (AvgIpc) is 2.94. The van der Waals surface area contributed by atoms with Gasteiger partial charge in [0, 0.05) is 12.3 Å². The first-order valence-corrected chi connectivity index (χ1v) is 10.9. The molecule has 0 N–H and O–H groups in total. The van der Waals surface area contributed by atoms with E-state index in [2.05, 4.69) is 34.6 Å². The molecule has 0 heterocycles. The van der Waals surface area contributed by atoms with Crippen LogP contribution in [0.5, 0.6) is 0 Å². The summed E-state index contributed by atoms with van der Waals surface area (Å²) in [7, 11) is 0. The van der Waals surface area contributed by atoms with E-state index in [1.165, 1.54) is 24.8 Å². The van der Waals surface area contributed by atoms with Gasteiger partial charge in [-0.25, -0.2) is 0 Å². The van der Waals surface area contributed by atoms with Crippen LogP contribution < -0.4 is 0 Å². The van der Waals surface area contributed by atoms with Crippen molar-refractivity contribution in [1.82, 2.24) is 0 Å². The lowest BCUT2D eigenvalue weighted by molar-refractivity contribution is -0.128. The van der Waals surface area contributed by atoms with Crippen molar-refractivity contribution in [1.29, 1.82) is 0 Å². The molecule has 5 atom stereocenters. The minimum Gasteiger partial charge on any atom is -0.300 e. The second-order valence-corrected chi connectivity index (χ2v) is 9.81. The number of ketones is 2. The lowest BCUT2D eigenvalue weighted by Gasteiger charge is -2.54. The lowest BCUT2D eigenvalue weighted by Crippen LogP contribution is -2.48. The van der Waals surface area contributed by atoms with Gasteiger partial charge in [-0.2, -0.15) is 0 Å². The number of carbonyl (C=O) groups excluding carboxylic acids is 2. The van der Waals surface area contributed by atoms with Gasteiger partial charge >= 0.3 is 0 Å². The molecule has 0 unspecified atom stereocenters. The van der Waals surface area contributed by atoms with E-state index in [4.69, 9.17) is 0 Å². The monoisotopic (exact) mass is 360 g/mol. The zero-order chi connectivity index (χ0) is 19.5. The van der Waals surface area contributed by atoms with Crippen molar-refractivity contribution >= 4 is 11.6 Å². The topological polar surface area (TPSA) is 34.1 Å². The van der Waals surface area contributed by atoms with Gasteiger partial charge in [0.2, 0.25) is 0 Å². The van der Waals surface area contributed by atoms with Crippen molar-refractivity contribution in [3.8, 4) is 0 Å². The molecule has 0 aromatic heterocycles. The molecule has 0 radical (unpaired) electrons. The number of Topliss-reactive ketones (excluding diaryl/α,β-unsaturated/α-hetero) is 1. The second-order valence-electron chi connectivity index (χ2n) is 9.81. The highest BCUT2D eigenvalue weighted by Gasteiger charge is 2.58. The van der Waals surface area contributed by atoms with Gasteiger partial charge < -0.3 is 0 Å². The molecule has 0 aromatic carbocycles. The molecule has 2 rings (SSSR count). The van der Waals surface area contributed by atoms with Crippen LogP contribution >= 0.6 is 0 Å². The van der Waals surface area contributed by atoms with Crippen LogP contribution in [0.15, 0.2) is 11.6 Å². The molecule has 2 saturated carbocycles. The van der Waals surface area contributed by atoms with E-state index >= 15 is 0 Å². The van der Waals surface area contributed by atoms with E-state index in [1.54, 1.807) is 6.92 Å². The van der Waals surface area contributed by atoms with Crippen molar-refractivity contribution in [2.24, 2.45) is 28.6 Å². The Hall–Kier alpha value is -0.920. The summed E-state index contributed by atoms with van der Waals surface area (Å²) in [5.41, 5.74) is 1.69. The maximum atomic E-state index is 12.2. The molecule has 2 aliphatic carbocycles. The third-order valence-electron chi connectivity index (χ3n) is 8.11. The molecule has 2 aliphatic rings. The fourth-order valence-corrected chi connectivity index (χ4v) is 6.19. The summed E-state index contributed by atoms with van der Waals surface area (Å²) >= 11 is 0. The molecule has 0 amide bonds. The Labute approximate surface area is 161 Å². The molecule has 2 fully saturated rings. The second kappa shape index (κ2) is 8.40. The van der Waals surface area contributed by atoms with Gasteiger partial charge in [0.05, 0.1) is 0 Å². The number of rotatable bonds is 8. The van der Waals surface area contributed by atoms with E-state index in [0.717, 1.165) is 32.1 Å². The molecule has 0 aliphatic heterocycles. The predicted octanol–water partition coefficient (Wildman–Crippen LogP) is 6.53. The van der Waals surface area contributed by atoms with E-state index in [9.17, 15) is 9.59 Å². The molecular formula is C24H40O2. The zero-order valence-electron chi connectivity index (χ0n) is 18.0. The van der Waals surface area contributed by atoms with Gasteiger partial charge in [-0.1, -0.05) is 39.7 Å². The van der Waals surface area contributed by atoms with Gasteiger partial charge in [0.15, 0.2) is 5.78 Å². The molecular weight excluding hydrogens is 320 g/mol. The van der Waals surface area contributed by atoms with Crippen LogP contribution in [0.3, 0.4) is 0 Å². The Morgan fingerprint density at radius 2 is 1.77 bits per heavy atom. The smallest absolute Gasteiger partial charge is 0.155 e. The highest BCUT2D eigenvalue weighted by molar-refractivity contribution is 5.90. The van der Waals surface area contributed by atoms with E-state index < -0.39 is 0 Å². The normalized spacial score (nSPS) is 37.5. The minimum absolute atomic E-state index is 0.182. The van der Waals surface area contributed by atoms with Crippen LogP contribution in [0, 0.1) is 28.6 Å². The van der Waals surface area contributed by atoms with Gasteiger partial charge in [0.1, 0.15) is 5.78 Å². The van der Waals surface area contributed by atoms with Crippen molar-refractivity contribution in [3.05, 3.63) is 11.6 Å². The predicted molar refractivity (Wildman–Crippen MR) is 109 cm³/mol. The molecule has 2 heteroatoms. The van der Waals surface area contributed by atoms with E-state index in [-0.39, 0.29) is 22.5 Å². The standard InChI is InChI=1S/C24H40O2/c1-7-8-9-20(26)16-17(2)12-14-23(5)18(3)13-15-24(6)21(19(4)25)10-11-22(23)24/h16,18,21-22H,7-15H2,1-6H3/b17-16+/t18-,21+,22-,23+,24+/m0/s1. The Morgan fingerprint density at radius 1 is 1.08 bits per heavy atom. The average molecular weight is 361 g/mol. The summed E-state index contributed by atoms with van der Waals surface area (Å²) in [4.78, 5) is 24.3. The van der Waals surface area contributed by atoms with E-state index in [0.29, 0.717) is 24.0 Å². The maximum Gasteiger partial charge on any atom is 0.155 e. The number of unbranched alkanes of at least 4 members (excludes halogenated alkanes) is 1. The van der Waals surface area contributed by atoms with Crippen LogP contribution in [0.4, 0.5) is 0 Å². The summed E-state index contributed by atoms with van der Waals surface area (Å²) < 4.78 is 0. The first-order valence-electron chi connectivity index (χ1n) is 10.9. The fourth-order valence-electron chi connectivity index (χ4n) is 6.19. The van der Waals surface area contributed by atoms with Gasteiger partial charge in [-0.15, -0.1) is 0 Å². The SMILES string of the molecule is CCCCC(=O)/C=C(\C)CC[C@@]1(C)[C@@H]2CC[C@H](C(C)=O)[C@@]2(C)CC[C@@H]1C. The number of hydrogen-bond donors (Lipinski definition) is 0. The van der Waals surface area contributed by atoms with Crippen LogP contribution in [0.25, 0.3) is 0 Å². The fraction of sp³-hybridized carbons (Fsp3) is 0.833. The molecule has 26 heavy (non-hydrogen) atoms. The largest absolute Gasteiger partial charge is 0.300 e. The highest BCUT2D eigenvalue weighted by Crippen LogP contribution is 2.65. The van der Waals surface area contributed by atoms with Crippen LogP contribution in [0.2, 0.25) is 0 Å². The number of allylic oxidation sites excluding steroid dienone is 2. The molecule has 0 saturated heterocycles. The Balaban J connectivity index is 2.10. The van der Waals surface area contributed by atoms with Crippen LogP contribution in [-0.4, -0.2) is 11.6 Å². The molecule has 148 valence electrons. The summed E-state index contributed by atoms with van der Waals surface area (Å²) in [6.07, 6.45) is 11.5. The number of fused-ring (bicyclic) bond motifs is 1. The molecule has 0 bridgehead atoms. The Bertz CT molecular complexity index is 561. The first kappa shape index (κ1) is 21.4. The van der Waals surface area contributed by atoms with Crippen LogP contribution in [-0.2, 0) is 9.59 Å². The summed E-state index contributed by atoms with van der Waals surface area (Å²) in [5, 5.41) is 0. The molecule has 0 spiro atoms. The number of carbonyl (C=O) groups is 2. The van der Waals surface area contributed by atoms with Gasteiger partial charge in [-0.3, -0.25) is 9.59 Å². The molecule has 2 nitrogen and oxygen atoms in total. The van der Waals surface area contributed by atoms with Crippen molar-refractivity contribution < 1.29 is 9.59 Å². The Morgan fingerprint density at radius 3 is 2.38 bits per heavy atom. The summed E-state index contributed by atoms with van der Waals surface area (Å²) in [6, 6.07) is 0. The third-order valence-corrected chi connectivity index (χ3v) is 8.11. The highest BCUT2D eigenvalue weighted by atomic mass is 16.1. The first-order chi connectivity index (χ1) is 12.1. The molecule has 0 aromatic rings. The third kappa shape index (κ3) is 4.15. The van der Waals surface area contributed by atoms with Gasteiger partial charge in [-0.05, 0) is 87.5 Å². The minimum atomic E-state index is 0.182. The number of hydrogen-bond acceptors (Lipinski definition) is 2. The maximum absolute atomic E-state index is 12.2. The van der Waals surface area contributed by atoms with Gasteiger partial charge in [0.25, 0.3) is 0 Å². The van der Waals surface area contributed by atoms with E-state index in [1.807, 2.05) is 6.08 Å². The summed E-state index contributed by atoms with van der Waals surface area (Å²) in [6.45, 7) is 13.3. The summed E-state index contributed by atoms with van der Waals surface area (Å²) in [5.74, 6) is 2.26. The zero-order valence-corrected chi connectivity index (χ0v) is 18.0.